The van der Waals surface area contributed by atoms with Crippen molar-refractivity contribution < 1.29 is 13.2 Å². The average Bonchev–Trinajstić information content (AvgIpc) is 2.72. The van der Waals surface area contributed by atoms with E-state index in [0.29, 0.717) is 37.7 Å². The molecule has 0 unspecified atom stereocenters. The number of piperazine rings is 1. The van der Waals surface area contributed by atoms with Gasteiger partial charge in [0.1, 0.15) is 0 Å². The Morgan fingerprint density at radius 1 is 1.15 bits per heavy atom. The SMILES string of the molecule is C=CCNS(=O)(=O)c1cccc(C(=O)N2CCN(c3ncccn3)CC2)c1. The van der Waals surface area contributed by atoms with E-state index in [2.05, 4.69) is 21.3 Å². The average molecular weight is 387 g/mol. The third kappa shape index (κ3) is 4.50. The van der Waals surface area contributed by atoms with Crippen molar-refractivity contribution in [1.29, 1.82) is 0 Å². The number of nitrogens with zero attached hydrogens (tertiary/aromatic N) is 4. The summed E-state index contributed by atoms with van der Waals surface area (Å²) >= 11 is 0. The maximum absolute atomic E-state index is 12.8. The number of hydrogen-bond donors (Lipinski definition) is 1. The normalized spacial score (nSPS) is 14.8. The standard InChI is InChI=1S/C18H21N5O3S/c1-2-7-21-27(25,26)16-6-3-5-15(14-16)17(24)22-10-12-23(13-11-22)18-19-8-4-9-20-18/h2-6,8-9,14,21H,1,7,10-13H2. The molecule has 1 aliphatic rings. The van der Waals surface area contributed by atoms with Crippen LogP contribution in [0.1, 0.15) is 10.4 Å². The molecule has 1 fully saturated rings. The van der Waals surface area contributed by atoms with E-state index in [-0.39, 0.29) is 17.3 Å². The maximum Gasteiger partial charge on any atom is 0.254 e. The van der Waals surface area contributed by atoms with Gasteiger partial charge in [0.25, 0.3) is 5.91 Å². The minimum atomic E-state index is -3.67. The van der Waals surface area contributed by atoms with Crippen molar-refractivity contribution in [3.8, 4) is 0 Å². The highest BCUT2D eigenvalue weighted by Gasteiger charge is 2.24. The van der Waals surface area contributed by atoms with Gasteiger partial charge in [0, 0.05) is 50.7 Å². The number of carbonyl (C=O) groups is 1. The smallest absolute Gasteiger partial charge is 0.254 e. The van der Waals surface area contributed by atoms with Crippen LogP contribution in [0.3, 0.4) is 0 Å². The molecule has 8 nitrogen and oxygen atoms in total. The molecule has 0 atom stereocenters. The summed E-state index contributed by atoms with van der Waals surface area (Å²) in [4.78, 5) is 25.0. The molecule has 1 aromatic carbocycles. The number of amides is 1. The summed E-state index contributed by atoms with van der Waals surface area (Å²) in [6, 6.07) is 7.83. The summed E-state index contributed by atoms with van der Waals surface area (Å²) in [5.74, 6) is 0.454. The molecule has 2 heterocycles. The van der Waals surface area contributed by atoms with E-state index in [1.807, 2.05) is 4.90 Å². The monoisotopic (exact) mass is 387 g/mol. The van der Waals surface area contributed by atoms with E-state index in [4.69, 9.17) is 0 Å². The molecule has 1 aliphatic heterocycles. The molecule has 0 bridgehead atoms. The Labute approximate surface area is 158 Å². The van der Waals surface area contributed by atoms with Gasteiger partial charge in [-0.15, -0.1) is 6.58 Å². The lowest BCUT2D eigenvalue weighted by Gasteiger charge is -2.34. The topological polar surface area (TPSA) is 95.5 Å². The number of rotatable bonds is 6. The molecule has 0 aliphatic carbocycles. The van der Waals surface area contributed by atoms with Crippen LogP contribution in [-0.4, -0.2) is 61.9 Å². The Morgan fingerprint density at radius 3 is 2.52 bits per heavy atom. The molecule has 3 rings (SSSR count). The number of anilines is 1. The van der Waals surface area contributed by atoms with Crippen LogP contribution in [0.4, 0.5) is 5.95 Å². The molecular formula is C18H21N5O3S. The number of nitrogens with one attached hydrogen (secondary N) is 1. The minimum absolute atomic E-state index is 0.0616. The largest absolute Gasteiger partial charge is 0.337 e. The number of sulfonamides is 1. The van der Waals surface area contributed by atoms with Crippen LogP contribution in [-0.2, 0) is 10.0 Å². The van der Waals surface area contributed by atoms with E-state index in [0.717, 1.165) is 0 Å². The van der Waals surface area contributed by atoms with Crippen LogP contribution in [0.2, 0.25) is 0 Å². The zero-order valence-corrected chi connectivity index (χ0v) is 15.6. The lowest BCUT2D eigenvalue weighted by molar-refractivity contribution is 0.0746. The third-order valence-electron chi connectivity index (χ3n) is 4.21. The van der Waals surface area contributed by atoms with Crippen LogP contribution < -0.4 is 9.62 Å². The van der Waals surface area contributed by atoms with Gasteiger partial charge >= 0.3 is 0 Å². The molecule has 1 N–H and O–H groups in total. The molecule has 142 valence electrons. The molecule has 1 aromatic heterocycles. The lowest BCUT2D eigenvalue weighted by atomic mass is 10.2. The summed E-state index contributed by atoms with van der Waals surface area (Å²) in [6.45, 7) is 5.89. The highest BCUT2D eigenvalue weighted by Crippen LogP contribution is 2.16. The van der Waals surface area contributed by atoms with Gasteiger partial charge in [-0.25, -0.2) is 23.1 Å². The Balaban J connectivity index is 1.68. The van der Waals surface area contributed by atoms with E-state index in [9.17, 15) is 13.2 Å². The van der Waals surface area contributed by atoms with Crippen molar-refractivity contribution in [3.63, 3.8) is 0 Å². The van der Waals surface area contributed by atoms with Crippen LogP contribution in [0.25, 0.3) is 0 Å². The van der Waals surface area contributed by atoms with Gasteiger partial charge in [0.2, 0.25) is 16.0 Å². The molecule has 1 amide bonds. The highest BCUT2D eigenvalue weighted by atomic mass is 32.2. The minimum Gasteiger partial charge on any atom is -0.337 e. The highest BCUT2D eigenvalue weighted by molar-refractivity contribution is 7.89. The summed E-state index contributed by atoms with van der Waals surface area (Å²) in [7, 11) is -3.67. The molecule has 2 aromatic rings. The fourth-order valence-corrected chi connectivity index (χ4v) is 3.84. The van der Waals surface area contributed by atoms with Crippen LogP contribution >= 0.6 is 0 Å². The first-order valence-electron chi connectivity index (χ1n) is 8.53. The summed E-state index contributed by atoms with van der Waals surface area (Å²) in [6.07, 6.45) is 4.83. The first kappa shape index (κ1) is 19.0. The quantitative estimate of drug-likeness (QED) is 0.740. The number of benzene rings is 1. The summed E-state index contributed by atoms with van der Waals surface area (Å²) in [5, 5.41) is 0. The Hall–Kier alpha value is -2.78. The second kappa shape index (κ2) is 8.28. The van der Waals surface area contributed by atoms with Gasteiger partial charge < -0.3 is 9.80 Å². The van der Waals surface area contributed by atoms with Gasteiger partial charge in [-0.1, -0.05) is 12.1 Å². The molecule has 1 saturated heterocycles. The van der Waals surface area contributed by atoms with Crippen molar-refractivity contribution in [2.45, 2.75) is 4.90 Å². The summed E-state index contributed by atoms with van der Waals surface area (Å²) < 4.78 is 26.9. The third-order valence-corrected chi connectivity index (χ3v) is 5.63. The molecular weight excluding hydrogens is 366 g/mol. The second-order valence-corrected chi connectivity index (χ2v) is 7.76. The van der Waals surface area contributed by atoms with Crippen LogP contribution in [0.15, 0.2) is 60.3 Å². The predicted octanol–water partition coefficient (Wildman–Crippen LogP) is 0.903. The van der Waals surface area contributed by atoms with Gasteiger partial charge in [0.15, 0.2) is 0 Å². The molecule has 0 spiro atoms. The lowest BCUT2D eigenvalue weighted by Crippen LogP contribution is -2.49. The molecule has 9 heteroatoms. The maximum atomic E-state index is 12.8. The second-order valence-electron chi connectivity index (χ2n) is 6.00. The van der Waals surface area contributed by atoms with Gasteiger partial charge in [0.05, 0.1) is 4.90 Å². The van der Waals surface area contributed by atoms with Crippen molar-refractivity contribution in [3.05, 3.63) is 60.9 Å². The Kier molecular flexibility index (Phi) is 5.82. The Morgan fingerprint density at radius 2 is 1.85 bits per heavy atom. The van der Waals surface area contributed by atoms with Crippen molar-refractivity contribution in [2.24, 2.45) is 0 Å². The van der Waals surface area contributed by atoms with E-state index < -0.39 is 10.0 Å². The summed E-state index contributed by atoms with van der Waals surface area (Å²) in [5.41, 5.74) is 0.348. The number of hydrogen-bond acceptors (Lipinski definition) is 6. The first-order chi connectivity index (χ1) is 13.0. The number of aromatic nitrogens is 2. The van der Waals surface area contributed by atoms with Gasteiger partial charge in [-0.2, -0.15) is 0 Å². The number of carbonyl (C=O) groups excluding carboxylic acids is 1. The fourth-order valence-electron chi connectivity index (χ4n) is 2.79. The van der Waals surface area contributed by atoms with E-state index >= 15 is 0 Å². The van der Waals surface area contributed by atoms with Crippen LogP contribution in [0.5, 0.6) is 0 Å². The zero-order valence-electron chi connectivity index (χ0n) is 14.8. The van der Waals surface area contributed by atoms with Gasteiger partial charge in [-0.3, -0.25) is 4.79 Å². The predicted molar refractivity (Wildman–Crippen MR) is 102 cm³/mol. The van der Waals surface area contributed by atoms with Crippen molar-refractivity contribution >= 4 is 21.9 Å². The molecule has 0 saturated carbocycles. The molecule has 0 radical (unpaired) electrons. The molecule has 27 heavy (non-hydrogen) atoms. The van der Waals surface area contributed by atoms with Crippen molar-refractivity contribution in [2.75, 3.05) is 37.6 Å². The zero-order chi connectivity index (χ0) is 19.3. The van der Waals surface area contributed by atoms with E-state index in [1.165, 1.54) is 18.2 Å². The van der Waals surface area contributed by atoms with E-state index in [1.54, 1.807) is 35.5 Å². The van der Waals surface area contributed by atoms with Gasteiger partial charge in [-0.05, 0) is 24.3 Å². The first-order valence-corrected chi connectivity index (χ1v) is 10.0. The van der Waals surface area contributed by atoms with Crippen LogP contribution in [0, 0.1) is 0 Å². The van der Waals surface area contributed by atoms with Crippen molar-refractivity contribution in [1.82, 2.24) is 19.6 Å². The Bertz CT molecular complexity index is 910. The fraction of sp³-hybridized carbons (Fsp3) is 0.278.